The van der Waals surface area contributed by atoms with Gasteiger partial charge in [-0.1, -0.05) is 13.3 Å². The van der Waals surface area contributed by atoms with Crippen LogP contribution >= 0.6 is 0 Å². The molecule has 0 fully saturated rings. The minimum absolute atomic E-state index is 0.330. The Balaban J connectivity index is 4.28. The zero-order valence-corrected chi connectivity index (χ0v) is 8.00. The van der Waals surface area contributed by atoms with E-state index in [4.69, 9.17) is 10.2 Å². The molecule has 2 atom stereocenters. The van der Waals surface area contributed by atoms with Gasteiger partial charge in [-0.25, -0.2) is 0 Å². The normalized spacial score (nSPS) is 18.3. The summed E-state index contributed by atoms with van der Waals surface area (Å²) in [4.78, 5) is 10.8. The number of carboxylic acid groups (broad SMARTS) is 1. The Hall–Kier alpha value is -0.570. The molecule has 0 amide bonds. The minimum atomic E-state index is -0.815. The van der Waals surface area contributed by atoms with Crippen LogP contribution in [0.3, 0.4) is 0 Å². The number of rotatable bonds is 5. The number of carboxylic acids is 1. The van der Waals surface area contributed by atoms with Crippen LogP contribution in [0.5, 0.6) is 0 Å². The van der Waals surface area contributed by atoms with Gasteiger partial charge >= 0.3 is 5.97 Å². The third kappa shape index (κ3) is 3.22. The van der Waals surface area contributed by atoms with Gasteiger partial charge in [-0.3, -0.25) is 4.79 Å². The average molecular weight is 174 g/mol. The van der Waals surface area contributed by atoms with Gasteiger partial charge in [0.1, 0.15) is 0 Å². The van der Waals surface area contributed by atoms with Crippen molar-refractivity contribution in [2.75, 3.05) is 0 Å². The van der Waals surface area contributed by atoms with Gasteiger partial charge in [0.25, 0.3) is 0 Å². The van der Waals surface area contributed by atoms with Crippen molar-refractivity contribution >= 4 is 5.97 Å². The second-order valence-corrected chi connectivity index (χ2v) is 3.67. The second-order valence-electron chi connectivity index (χ2n) is 3.67. The van der Waals surface area contributed by atoms with Crippen molar-refractivity contribution in [1.82, 2.24) is 0 Å². The summed E-state index contributed by atoms with van der Waals surface area (Å²) < 4.78 is 0. The first kappa shape index (κ1) is 11.4. The second kappa shape index (κ2) is 4.45. The highest BCUT2D eigenvalue weighted by Crippen LogP contribution is 2.29. The molecule has 0 radical (unpaired) electrons. The number of aliphatic carboxylic acids is 1. The molecular formula is C9H18O3. The molecule has 0 heterocycles. The Labute approximate surface area is 73.4 Å². The summed E-state index contributed by atoms with van der Waals surface area (Å²) in [5, 5.41) is 18.0. The van der Waals surface area contributed by atoms with Gasteiger partial charge in [-0.05, 0) is 26.7 Å². The van der Waals surface area contributed by atoms with Crippen LogP contribution in [0.15, 0.2) is 0 Å². The van der Waals surface area contributed by atoms with E-state index in [0.29, 0.717) is 12.8 Å². The standard InChI is InChI=1S/C9H18O3/c1-4-5-9(3,8(11)12)6-7(2)10/h7,10H,4-6H2,1-3H3,(H,11,12). The first-order valence-electron chi connectivity index (χ1n) is 4.34. The molecule has 3 nitrogen and oxygen atoms in total. The zero-order chi connectivity index (χ0) is 9.78. The van der Waals surface area contributed by atoms with Crippen molar-refractivity contribution in [3.8, 4) is 0 Å². The molecule has 0 aromatic heterocycles. The van der Waals surface area contributed by atoms with Crippen molar-refractivity contribution in [3.63, 3.8) is 0 Å². The number of aliphatic hydroxyl groups excluding tert-OH is 1. The van der Waals surface area contributed by atoms with Crippen LogP contribution in [0.25, 0.3) is 0 Å². The fraction of sp³-hybridized carbons (Fsp3) is 0.889. The van der Waals surface area contributed by atoms with Crippen LogP contribution in [-0.4, -0.2) is 22.3 Å². The SMILES string of the molecule is CCCC(C)(CC(C)O)C(=O)O. The molecule has 3 heteroatoms. The van der Waals surface area contributed by atoms with E-state index in [1.165, 1.54) is 0 Å². The molecule has 0 saturated carbocycles. The van der Waals surface area contributed by atoms with Crippen molar-refractivity contribution in [3.05, 3.63) is 0 Å². The maximum atomic E-state index is 10.8. The number of hydrogen-bond acceptors (Lipinski definition) is 2. The molecule has 0 aromatic rings. The fourth-order valence-corrected chi connectivity index (χ4v) is 1.50. The third-order valence-electron chi connectivity index (χ3n) is 2.06. The van der Waals surface area contributed by atoms with E-state index in [9.17, 15) is 4.79 Å². The molecule has 2 unspecified atom stereocenters. The highest BCUT2D eigenvalue weighted by Gasteiger charge is 2.33. The van der Waals surface area contributed by atoms with E-state index in [1.807, 2.05) is 6.92 Å². The summed E-state index contributed by atoms with van der Waals surface area (Å²) in [6, 6.07) is 0. The molecule has 2 N–H and O–H groups in total. The molecule has 0 aromatic carbocycles. The lowest BCUT2D eigenvalue weighted by atomic mass is 9.81. The minimum Gasteiger partial charge on any atom is -0.481 e. The predicted octanol–water partition coefficient (Wildman–Crippen LogP) is 1.65. The van der Waals surface area contributed by atoms with Crippen LogP contribution in [0.2, 0.25) is 0 Å². The Morgan fingerprint density at radius 3 is 2.33 bits per heavy atom. The Morgan fingerprint density at radius 2 is 2.08 bits per heavy atom. The maximum Gasteiger partial charge on any atom is 0.309 e. The first-order chi connectivity index (χ1) is 5.42. The van der Waals surface area contributed by atoms with E-state index in [0.717, 1.165) is 6.42 Å². The summed E-state index contributed by atoms with van der Waals surface area (Å²) in [5.41, 5.74) is -0.761. The Bertz CT molecular complexity index is 154. The molecule has 0 spiro atoms. The monoisotopic (exact) mass is 174 g/mol. The van der Waals surface area contributed by atoms with Crippen molar-refractivity contribution in [2.45, 2.75) is 46.1 Å². The largest absolute Gasteiger partial charge is 0.481 e. The molecule has 0 aliphatic heterocycles. The predicted molar refractivity (Wildman–Crippen MR) is 46.9 cm³/mol. The van der Waals surface area contributed by atoms with Gasteiger partial charge in [0.2, 0.25) is 0 Å². The molecule has 0 aliphatic carbocycles. The Morgan fingerprint density at radius 1 is 1.58 bits per heavy atom. The average Bonchev–Trinajstić information content (AvgIpc) is 1.85. The van der Waals surface area contributed by atoms with Crippen LogP contribution in [0, 0.1) is 5.41 Å². The molecule has 0 bridgehead atoms. The van der Waals surface area contributed by atoms with E-state index in [1.54, 1.807) is 13.8 Å². The first-order valence-corrected chi connectivity index (χ1v) is 4.34. The van der Waals surface area contributed by atoms with Gasteiger partial charge in [-0.2, -0.15) is 0 Å². The quantitative estimate of drug-likeness (QED) is 0.666. The number of carbonyl (C=O) groups is 1. The number of hydrogen-bond donors (Lipinski definition) is 2. The molecule has 72 valence electrons. The highest BCUT2D eigenvalue weighted by atomic mass is 16.4. The van der Waals surface area contributed by atoms with Gasteiger partial charge in [0, 0.05) is 0 Å². The smallest absolute Gasteiger partial charge is 0.309 e. The van der Waals surface area contributed by atoms with Crippen LogP contribution < -0.4 is 0 Å². The van der Waals surface area contributed by atoms with E-state index in [-0.39, 0.29) is 0 Å². The molecule has 0 aliphatic rings. The third-order valence-corrected chi connectivity index (χ3v) is 2.06. The highest BCUT2D eigenvalue weighted by molar-refractivity contribution is 5.74. The van der Waals surface area contributed by atoms with E-state index >= 15 is 0 Å². The molecule has 0 saturated heterocycles. The van der Waals surface area contributed by atoms with E-state index in [2.05, 4.69) is 0 Å². The van der Waals surface area contributed by atoms with Gasteiger partial charge < -0.3 is 10.2 Å². The molecule has 0 rings (SSSR count). The lowest BCUT2D eigenvalue weighted by Crippen LogP contribution is -2.30. The zero-order valence-electron chi connectivity index (χ0n) is 8.00. The van der Waals surface area contributed by atoms with Crippen molar-refractivity contribution in [2.24, 2.45) is 5.41 Å². The fourth-order valence-electron chi connectivity index (χ4n) is 1.50. The molecule has 12 heavy (non-hydrogen) atoms. The summed E-state index contributed by atoms with van der Waals surface area (Å²) in [5.74, 6) is -0.815. The summed E-state index contributed by atoms with van der Waals surface area (Å²) in [6.45, 7) is 5.26. The summed E-state index contributed by atoms with van der Waals surface area (Å²) in [7, 11) is 0. The number of aliphatic hydroxyl groups is 1. The van der Waals surface area contributed by atoms with Gasteiger partial charge in [0.05, 0.1) is 11.5 Å². The molecular weight excluding hydrogens is 156 g/mol. The summed E-state index contributed by atoms with van der Waals surface area (Å²) >= 11 is 0. The maximum absolute atomic E-state index is 10.8. The lowest BCUT2D eigenvalue weighted by Gasteiger charge is -2.25. The van der Waals surface area contributed by atoms with Crippen LogP contribution in [-0.2, 0) is 4.79 Å². The van der Waals surface area contributed by atoms with E-state index < -0.39 is 17.5 Å². The topological polar surface area (TPSA) is 57.5 Å². The Kier molecular flexibility index (Phi) is 4.24. The van der Waals surface area contributed by atoms with Crippen molar-refractivity contribution < 1.29 is 15.0 Å². The van der Waals surface area contributed by atoms with Gasteiger partial charge in [0.15, 0.2) is 0 Å². The van der Waals surface area contributed by atoms with Crippen LogP contribution in [0.4, 0.5) is 0 Å². The van der Waals surface area contributed by atoms with Crippen molar-refractivity contribution in [1.29, 1.82) is 0 Å². The summed E-state index contributed by atoms with van der Waals surface area (Å²) in [6.07, 6.45) is 1.23. The lowest BCUT2D eigenvalue weighted by molar-refractivity contribution is -0.150. The van der Waals surface area contributed by atoms with Gasteiger partial charge in [-0.15, -0.1) is 0 Å². The van der Waals surface area contributed by atoms with Crippen LogP contribution in [0.1, 0.15) is 40.0 Å².